The molecule has 0 N–H and O–H groups in total. The third-order valence-corrected chi connectivity index (χ3v) is 1.89. The van der Waals surface area contributed by atoms with E-state index >= 15 is 0 Å². The average molecular weight is 262 g/mol. The van der Waals surface area contributed by atoms with Gasteiger partial charge in [-0.1, -0.05) is 0 Å². The van der Waals surface area contributed by atoms with Crippen molar-refractivity contribution in [2.45, 2.75) is 23.7 Å². The Labute approximate surface area is 81.2 Å². The lowest BCUT2D eigenvalue weighted by Crippen LogP contribution is -2.67. The molecule has 0 aromatic carbocycles. The van der Waals surface area contributed by atoms with Crippen LogP contribution in [0.3, 0.4) is 0 Å². The second kappa shape index (κ2) is 2.95. The molecule has 1 aliphatic rings. The molecular weight excluding hydrogens is 262 g/mol. The largest absolute Gasteiger partial charge is 0.357 e. The first-order chi connectivity index (χ1) is 6.81. The normalized spacial score (nSPS) is 32.6. The van der Waals surface area contributed by atoms with Crippen LogP contribution < -0.4 is 0 Å². The summed E-state index contributed by atoms with van der Waals surface area (Å²) >= 11 is 0. The number of hydrogen-bond donors (Lipinski definition) is 0. The molecule has 0 bridgehead atoms. The first-order valence-corrected chi connectivity index (χ1v) is 3.39. The highest BCUT2D eigenvalue weighted by atomic mass is 19.3. The van der Waals surface area contributed by atoms with Crippen molar-refractivity contribution >= 4 is 0 Å². The van der Waals surface area contributed by atoms with Gasteiger partial charge in [-0.3, -0.25) is 0 Å². The maximum absolute atomic E-state index is 12.2. The van der Waals surface area contributed by atoms with Gasteiger partial charge in [-0.15, -0.1) is 0 Å². The predicted molar refractivity (Wildman–Crippen MR) is 28.5 cm³/mol. The molecule has 0 spiro atoms. The van der Waals surface area contributed by atoms with Gasteiger partial charge >= 0.3 is 23.7 Å². The molecule has 0 unspecified atom stereocenters. The van der Waals surface area contributed by atoms with Crippen molar-refractivity contribution in [2.75, 3.05) is 0 Å². The van der Waals surface area contributed by atoms with Gasteiger partial charge < -0.3 is 0 Å². The van der Waals surface area contributed by atoms with Crippen LogP contribution in [-0.4, -0.2) is 23.7 Å². The summed E-state index contributed by atoms with van der Waals surface area (Å²) in [5, 5.41) is 0. The van der Waals surface area contributed by atoms with E-state index in [0.29, 0.717) is 0 Å². The summed E-state index contributed by atoms with van der Waals surface area (Å²) in [6.07, 6.45) is -8.53. The van der Waals surface area contributed by atoms with Crippen molar-refractivity contribution in [1.29, 1.82) is 0 Å². The van der Waals surface area contributed by atoms with E-state index in [1.807, 2.05) is 0 Å². The summed E-state index contributed by atoms with van der Waals surface area (Å²) < 4.78 is 122. The van der Waals surface area contributed by atoms with E-state index in [0.717, 1.165) is 0 Å². The summed E-state index contributed by atoms with van der Waals surface area (Å²) in [7, 11) is 0. The smallest absolute Gasteiger partial charge is 0.226 e. The zero-order chi connectivity index (χ0) is 13.2. The van der Waals surface area contributed by atoms with E-state index in [9.17, 15) is 43.9 Å². The van der Waals surface area contributed by atoms with E-state index in [2.05, 4.69) is 0 Å². The molecule has 1 aliphatic carbocycles. The third-order valence-electron chi connectivity index (χ3n) is 1.89. The molecule has 0 aromatic rings. The van der Waals surface area contributed by atoms with E-state index in [1.165, 1.54) is 0 Å². The summed E-state index contributed by atoms with van der Waals surface area (Å²) in [6, 6.07) is 0. The van der Waals surface area contributed by atoms with Crippen LogP contribution >= 0.6 is 0 Å². The van der Waals surface area contributed by atoms with Crippen molar-refractivity contribution in [2.24, 2.45) is 0 Å². The second-order valence-corrected chi connectivity index (χ2v) is 2.93. The quantitative estimate of drug-likeness (QED) is 0.586. The summed E-state index contributed by atoms with van der Waals surface area (Å²) in [6.45, 7) is 0. The molecule has 1 fully saturated rings. The van der Waals surface area contributed by atoms with Gasteiger partial charge in [-0.05, 0) is 0 Å². The van der Waals surface area contributed by atoms with Gasteiger partial charge in [0.2, 0.25) is 0 Å². The fraction of sp³-hybridized carbons (Fsp3) is 0.667. The molecule has 10 heteroatoms. The van der Waals surface area contributed by atoms with Crippen molar-refractivity contribution in [3.8, 4) is 0 Å². The molecule has 94 valence electrons. The molecule has 0 amide bonds. The summed E-state index contributed by atoms with van der Waals surface area (Å²) in [4.78, 5) is 0. The fourth-order valence-electron chi connectivity index (χ4n) is 0.946. The van der Waals surface area contributed by atoms with E-state index < -0.39 is 36.0 Å². The molecule has 0 saturated heterocycles. The topological polar surface area (TPSA) is 0 Å². The molecule has 2 radical (unpaired) electrons. The number of halogens is 10. The molecule has 1 saturated carbocycles. The van der Waals surface area contributed by atoms with E-state index in [1.54, 1.807) is 0 Å². The van der Waals surface area contributed by atoms with Crippen LogP contribution in [0.1, 0.15) is 0 Å². The first-order valence-electron chi connectivity index (χ1n) is 3.39. The van der Waals surface area contributed by atoms with Gasteiger partial charge in [0.1, 0.15) is 0 Å². The Morgan fingerprint density at radius 2 is 0.562 bits per heavy atom. The zero-order valence-electron chi connectivity index (χ0n) is 6.78. The van der Waals surface area contributed by atoms with Crippen molar-refractivity contribution < 1.29 is 43.9 Å². The molecule has 0 nitrogen and oxygen atoms in total. The molecule has 0 aliphatic heterocycles. The Morgan fingerprint density at radius 3 is 0.688 bits per heavy atom. The Bertz CT molecular complexity index is 236. The summed E-state index contributed by atoms with van der Waals surface area (Å²) in [5.74, 6) is -25.3. The van der Waals surface area contributed by atoms with Gasteiger partial charge in [0.25, 0.3) is 12.3 Å². The predicted octanol–water partition coefficient (Wildman–Crippen LogP) is 3.54. The monoisotopic (exact) mass is 262 g/mol. The Hall–Kier alpha value is -0.700. The Balaban J connectivity index is 3.39. The van der Waals surface area contributed by atoms with Gasteiger partial charge in [-0.2, -0.15) is 35.1 Å². The lowest BCUT2D eigenvalue weighted by atomic mass is 9.83. The lowest BCUT2D eigenvalue weighted by Gasteiger charge is -2.42. The second-order valence-electron chi connectivity index (χ2n) is 2.93. The van der Waals surface area contributed by atoms with Crippen LogP contribution in [-0.2, 0) is 0 Å². The van der Waals surface area contributed by atoms with Crippen LogP contribution in [0.25, 0.3) is 0 Å². The number of hydrogen-bond acceptors (Lipinski definition) is 0. The van der Waals surface area contributed by atoms with Crippen molar-refractivity contribution in [1.82, 2.24) is 0 Å². The van der Waals surface area contributed by atoms with Crippen molar-refractivity contribution in [3.05, 3.63) is 12.3 Å². The third kappa shape index (κ3) is 1.18. The molecule has 0 aromatic heterocycles. The minimum absolute atomic E-state index is 4.27. The number of rotatable bonds is 0. The SMILES string of the molecule is F[C]1C(F)(F)C(F)(F)[C](F)C(F)(F)C1(F)F. The van der Waals surface area contributed by atoms with Gasteiger partial charge in [0, 0.05) is 0 Å². The highest BCUT2D eigenvalue weighted by Gasteiger charge is 2.89. The highest BCUT2D eigenvalue weighted by molar-refractivity contribution is 5.31. The van der Waals surface area contributed by atoms with Gasteiger partial charge in [-0.25, -0.2) is 8.78 Å². The summed E-state index contributed by atoms with van der Waals surface area (Å²) in [5.41, 5.74) is 0. The van der Waals surface area contributed by atoms with Crippen LogP contribution in [0.5, 0.6) is 0 Å². The van der Waals surface area contributed by atoms with Crippen LogP contribution in [0, 0.1) is 12.3 Å². The number of alkyl halides is 8. The molecule has 0 atom stereocenters. The minimum Gasteiger partial charge on any atom is -0.226 e. The van der Waals surface area contributed by atoms with Crippen LogP contribution in [0.4, 0.5) is 43.9 Å². The molecule has 1 rings (SSSR count). The standard InChI is InChI=1S/C6F10/c7-1-3(9,10)5(13,14)2(8)6(15,16)4(1,11)12. The molecule has 0 heterocycles. The average Bonchev–Trinajstić information content (AvgIpc) is 2.13. The maximum Gasteiger partial charge on any atom is 0.357 e. The fourth-order valence-corrected chi connectivity index (χ4v) is 0.946. The maximum atomic E-state index is 12.2. The van der Waals surface area contributed by atoms with Crippen LogP contribution in [0.2, 0.25) is 0 Å². The van der Waals surface area contributed by atoms with Gasteiger partial charge in [0.05, 0.1) is 0 Å². The van der Waals surface area contributed by atoms with Crippen molar-refractivity contribution in [3.63, 3.8) is 0 Å². The van der Waals surface area contributed by atoms with Crippen LogP contribution in [0.15, 0.2) is 0 Å². The Morgan fingerprint density at radius 1 is 0.438 bits per heavy atom. The molecular formula is C6F10. The Kier molecular flexibility index (Phi) is 2.46. The van der Waals surface area contributed by atoms with Gasteiger partial charge in [0.15, 0.2) is 0 Å². The minimum atomic E-state index is -6.33. The lowest BCUT2D eigenvalue weighted by molar-refractivity contribution is -0.339. The van der Waals surface area contributed by atoms with E-state index in [-0.39, 0.29) is 0 Å². The zero-order valence-corrected chi connectivity index (χ0v) is 6.78. The molecule has 16 heavy (non-hydrogen) atoms. The highest BCUT2D eigenvalue weighted by Crippen LogP contribution is 2.65. The first kappa shape index (κ1) is 13.4. The van der Waals surface area contributed by atoms with E-state index in [4.69, 9.17) is 0 Å².